The van der Waals surface area contributed by atoms with Gasteiger partial charge in [-0.15, -0.1) is 0 Å². The molecule has 2 heterocycles. The number of hydrogen-bond donors (Lipinski definition) is 3. The zero-order valence-electron chi connectivity index (χ0n) is 17.3. The number of aliphatic hydroxyl groups is 2. The number of amides is 1. The van der Waals surface area contributed by atoms with Crippen molar-refractivity contribution in [3.8, 4) is 11.3 Å². The van der Waals surface area contributed by atoms with Crippen LogP contribution in [0.25, 0.3) is 22.4 Å². The molecular weight excluding hydrogens is 429 g/mol. The van der Waals surface area contributed by atoms with Gasteiger partial charge in [-0.2, -0.15) is 4.98 Å². The summed E-state index contributed by atoms with van der Waals surface area (Å²) in [4.78, 5) is 16.9. The number of pyridine rings is 1. The van der Waals surface area contributed by atoms with Crippen molar-refractivity contribution >= 4 is 32.8 Å². The molecule has 1 amide bonds. The third-order valence-electron chi connectivity index (χ3n) is 4.91. The molecule has 166 valence electrons. The molecule has 0 fully saturated rings. The fourth-order valence-electron chi connectivity index (χ4n) is 3.05. The lowest BCUT2D eigenvalue weighted by atomic mass is 9.95. The molecule has 3 aromatic rings. The number of nitrogens with one attached hydrogen (secondary N) is 1. The average molecular weight is 451 g/mol. The van der Waals surface area contributed by atoms with E-state index in [0.29, 0.717) is 5.56 Å². The van der Waals surface area contributed by atoms with Gasteiger partial charge in [-0.3, -0.25) is 9.10 Å². The third-order valence-corrected chi connectivity index (χ3v) is 6.07. The van der Waals surface area contributed by atoms with Crippen molar-refractivity contribution in [2.24, 2.45) is 0 Å². The monoisotopic (exact) mass is 451 g/mol. The van der Waals surface area contributed by atoms with Crippen molar-refractivity contribution in [1.29, 1.82) is 0 Å². The number of carbonyl (C=O) groups is 1. The standard InChI is InChI=1S/C20H22FN3O6S/c1-20(27,10-25)14-9-13-15(18(26)22-2)16(11-5-7-12(21)8-6-11)30-19(13)23-17(14)24(3)31(4,28)29/h5-9,25,27H,10H2,1-4H3,(H,22,26). The minimum Gasteiger partial charge on any atom is -0.437 e. The molecule has 0 aliphatic carbocycles. The highest BCUT2D eigenvalue weighted by Crippen LogP contribution is 2.38. The summed E-state index contributed by atoms with van der Waals surface area (Å²) in [7, 11) is -1.12. The first-order valence-corrected chi connectivity index (χ1v) is 11.0. The van der Waals surface area contributed by atoms with Gasteiger partial charge in [-0.1, -0.05) is 0 Å². The van der Waals surface area contributed by atoms with Crippen molar-refractivity contribution < 1.29 is 32.2 Å². The predicted molar refractivity (Wildman–Crippen MR) is 113 cm³/mol. The molecule has 3 N–H and O–H groups in total. The highest BCUT2D eigenvalue weighted by Gasteiger charge is 2.33. The molecule has 1 atom stereocenters. The van der Waals surface area contributed by atoms with Crippen LogP contribution >= 0.6 is 0 Å². The zero-order valence-corrected chi connectivity index (χ0v) is 18.1. The summed E-state index contributed by atoms with van der Waals surface area (Å²) >= 11 is 0. The number of aliphatic hydroxyl groups excluding tert-OH is 1. The van der Waals surface area contributed by atoms with Crippen molar-refractivity contribution in [3.05, 3.63) is 47.3 Å². The van der Waals surface area contributed by atoms with E-state index < -0.39 is 34.0 Å². The first-order chi connectivity index (χ1) is 14.4. The Kier molecular flexibility index (Phi) is 5.78. The quantitative estimate of drug-likeness (QED) is 0.518. The average Bonchev–Trinajstić information content (AvgIpc) is 3.10. The van der Waals surface area contributed by atoms with Crippen LogP contribution in [-0.4, -0.2) is 56.5 Å². The smallest absolute Gasteiger partial charge is 0.255 e. The van der Waals surface area contributed by atoms with Crippen LogP contribution in [0.4, 0.5) is 10.2 Å². The van der Waals surface area contributed by atoms with E-state index in [4.69, 9.17) is 4.42 Å². The Balaban J connectivity index is 2.42. The van der Waals surface area contributed by atoms with Gasteiger partial charge < -0.3 is 19.9 Å². The van der Waals surface area contributed by atoms with Gasteiger partial charge in [-0.05, 0) is 37.3 Å². The van der Waals surface area contributed by atoms with Gasteiger partial charge in [-0.25, -0.2) is 12.8 Å². The molecule has 0 saturated carbocycles. The minimum atomic E-state index is -3.78. The third kappa shape index (κ3) is 4.11. The van der Waals surface area contributed by atoms with E-state index in [-0.39, 0.29) is 33.8 Å². The van der Waals surface area contributed by atoms with Gasteiger partial charge in [0.2, 0.25) is 15.7 Å². The van der Waals surface area contributed by atoms with Crippen LogP contribution in [0.2, 0.25) is 0 Å². The molecule has 1 aromatic carbocycles. The summed E-state index contributed by atoms with van der Waals surface area (Å²) in [5.74, 6) is -1.08. The molecule has 0 aliphatic heterocycles. The van der Waals surface area contributed by atoms with E-state index in [1.165, 1.54) is 51.4 Å². The summed E-state index contributed by atoms with van der Waals surface area (Å²) in [5, 5.41) is 23.1. The van der Waals surface area contributed by atoms with E-state index in [1.54, 1.807) is 0 Å². The highest BCUT2D eigenvalue weighted by molar-refractivity contribution is 7.92. The Morgan fingerprint density at radius 3 is 2.45 bits per heavy atom. The number of halogens is 1. The van der Waals surface area contributed by atoms with E-state index in [0.717, 1.165) is 10.6 Å². The number of rotatable bonds is 6. The van der Waals surface area contributed by atoms with Crippen LogP contribution in [-0.2, 0) is 15.6 Å². The van der Waals surface area contributed by atoms with Crippen molar-refractivity contribution in [2.45, 2.75) is 12.5 Å². The predicted octanol–water partition coefficient (Wildman–Crippen LogP) is 1.59. The lowest BCUT2D eigenvalue weighted by molar-refractivity contribution is -0.00190. The molecular formula is C20H22FN3O6S. The van der Waals surface area contributed by atoms with Gasteiger partial charge in [0.1, 0.15) is 17.2 Å². The Morgan fingerprint density at radius 2 is 1.94 bits per heavy atom. The second kappa shape index (κ2) is 7.91. The van der Waals surface area contributed by atoms with E-state index >= 15 is 0 Å². The van der Waals surface area contributed by atoms with E-state index in [9.17, 15) is 27.8 Å². The van der Waals surface area contributed by atoms with Crippen LogP contribution in [0.15, 0.2) is 34.7 Å². The maximum Gasteiger partial charge on any atom is 0.255 e. The molecule has 3 rings (SSSR count). The molecule has 0 aliphatic rings. The number of hydrogen-bond acceptors (Lipinski definition) is 7. The Morgan fingerprint density at radius 1 is 1.32 bits per heavy atom. The fraction of sp³-hybridized carbons (Fsp3) is 0.300. The van der Waals surface area contributed by atoms with Gasteiger partial charge in [0.05, 0.1) is 23.8 Å². The SMILES string of the molecule is CNC(=O)c1c(-c2ccc(F)cc2)oc2nc(N(C)S(C)(=O)=O)c(C(C)(O)CO)cc12. The highest BCUT2D eigenvalue weighted by atomic mass is 32.2. The molecule has 2 aromatic heterocycles. The minimum absolute atomic E-state index is 0.0213. The zero-order chi connectivity index (χ0) is 23.1. The Hall–Kier alpha value is -3.02. The van der Waals surface area contributed by atoms with Crippen LogP contribution < -0.4 is 9.62 Å². The normalized spacial score (nSPS) is 13.8. The lowest BCUT2D eigenvalue weighted by Gasteiger charge is -2.27. The Labute approximate surface area is 178 Å². The number of sulfonamides is 1. The largest absolute Gasteiger partial charge is 0.437 e. The summed E-state index contributed by atoms with van der Waals surface area (Å²) in [6.07, 6.45) is 0.957. The second-order valence-electron chi connectivity index (χ2n) is 7.27. The van der Waals surface area contributed by atoms with Crippen LogP contribution in [0.5, 0.6) is 0 Å². The van der Waals surface area contributed by atoms with Crippen LogP contribution in [0.3, 0.4) is 0 Å². The maximum absolute atomic E-state index is 13.4. The van der Waals surface area contributed by atoms with Crippen LogP contribution in [0.1, 0.15) is 22.8 Å². The molecule has 11 heteroatoms. The number of benzene rings is 1. The number of aromatic nitrogens is 1. The van der Waals surface area contributed by atoms with Gasteiger partial charge >= 0.3 is 0 Å². The molecule has 0 saturated heterocycles. The molecule has 0 spiro atoms. The molecule has 0 radical (unpaired) electrons. The molecule has 0 bridgehead atoms. The van der Waals surface area contributed by atoms with Gasteiger partial charge in [0, 0.05) is 25.2 Å². The van der Waals surface area contributed by atoms with Gasteiger partial charge in [0.25, 0.3) is 5.91 Å². The number of anilines is 1. The number of fused-ring (bicyclic) bond motifs is 1. The second-order valence-corrected chi connectivity index (χ2v) is 9.28. The van der Waals surface area contributed by atoms with Gasteiger partial charge in [0.15, 0.2) is 5.82 Å². The van der Waals surface area contributed by atoms with Crippen LogP contribution in [0, 0.1) is 5.82 Å². The topological polar surface area (TPSA) is 133 Å². The molecule has 1 unspecified atom stereocenters. The van der Waals surface area contributed by atoms with E-state index in [1.807, 2.05) is 0 Å². The fourth-order valence-corrected chi connectivity index (χ4v) is 3.50. The van der Waals surface area contributed by atoms with E-state index in [2.05, 4.69) is 10.3 Å². The summed E-state index contributed by atoms with van der Waals surface area (Å²) in [6, 6.07) is 6.61. The maximum atomic E-state index is 13.4. The summed E-state index contributed by atoms with van der Waals surface area (Å²) < 4.78 is 44.3. The molecule has 31 heavy (non-hydrogen) atoms. The Bertz CT molecular complexity index is 1250. The van der Waals surface area contributed by atoms with Crippen molar-refractivity contribution in [3.63, 3.8) is 0 Å². The first kappa shape index (κ1) is 22.7. The lowest BCUT2D eigenvalue weighted by Crippen LogP contribution is -2.33. The summed E-state index contributed by atoms with van der Waals surface area (Å²) in [5.41, 5.74) is -1.50. The number of nitrogens with zero attached hydrogens (tertiary/aromatic N) is 2. The first-order valence-electron chi connectivity index (χ1n) is 9.14. The van der Waals surface area contributed by atoms with Crippen molar-refractivity contribution in [2.75, 3.05) is 31.3 Å². The number of furan rings is 1. The molecule has 9 nitrogen and oxygen atoms in total. The number of carbonyl (C=O) groups excluding carboxylic acids is 1. The summed E-state index contributed by atoms with van der Waals surface area (Å²) in [6.45, 7) is 0.554. The van der Waals surface area contributed by atoms with Crippen molar-refractivity contribution in [1.82, 2.24) is 10.3 Å².